The molecule has 92 valence electrons. The van der Waals surface area contributed by atoms with Crippen LogP contribution < -0.4 is 4.74 Å². The SMILES string of the molecule is COC(=O)CCOc1c(Br)cccc1[N+](=O)[O-]. The van der Waals surface area contributed by atoms with Gasteiger partial charge in [0.25, 0.3) is 0 Å². The van der Waals surface area contributed by atoms with Gasteiger partial charge in [-0.3, -0.25) is 14.9 Å². The molecule has 0 aliphatic rings. The van der Waals surface area contributed by atoms with E-state index >= 15 is 0 Å². The highest BCUT2D eigenvalue weighted by atomic mass is 79.9. The van der Waals surface area contributed by atoms with E-state index in [1.165, 1.54) is 19.2 Å². The van der Waals surface area contributed by atoms with Crippen LogP contribution in [0.3, 0.4) is 0 Å². The maximum Gasteiger partial charge on any atom is 0.312 e. The van der Waals surface area contributed by atoms with Gasteiger partial charge in [0, 0.05) is 6.07 Å². The highest BCUT2D eigenvalue weighted by molar-refractivity contribution is 9.10. The Morgan fingerprint density at radius 2 is 2.24 bits per heavy atom. The lowest BCUT2D eigenvalue weighted by molar-refractivity contribution is -0.386. The van der Waals surface area contributed by atoms with E-state index in [1.54, 1.807) is 6.07 Å². The largest absolute Gasteiger partial charge is 0.485 e. The Bertz CT molecular complexity index is 435. The molecular weight excluding hydrogens is 294 g/mol. The van der Waals surface area contributed by atoms with Crippen molar-refractivity contribution in [2.45, 2.75) is 6.42 Å². The van der Waals surface area contributed by atoms with E-state index in [9.17, 15) is 14.9 Å². The molecule has 0 aliphatic carbocycles. The normalized spacial score (nSPS) is 9.76. The Hall–Kier alpha value is -1.63. The molecule has 0 spiro atoms. The number of nitro groups is 1. The van der Waals surface area contributed by atoms with E-state index in [4.69, 9.17) is 4.74 Å². The fourth-order valence-electron chi connectivity index (χ4n) is 1.12. The second-order valence-electron chi connectivity index (χ2n) is 3.02. The Kier molecular flexibility index (Phi) is 4.89. The number of nitro benzene ring substituents is 1. The minimum atomic E-state index is -0.543. The molecule has 1 rings (SSSR count). The van der Waals surface area contributed by atoms with Crippen LogP contribution in [0.15, 0.2) is 22.7 Å². The molecule has 6 nitrogen and oxygen atoms in total. The van der Waals surface area contributed by atoms with Gasteiger partial charge < -0.3 is 9.47 Å². The van der Waals surface area contributed by atoms with Crippen molar-refractivity contribution >= 4 is 27.6 Å². The number of halogens is 1. The average Bonchev–Trinajstić information content (AvgIpc) is 2.30. The molecular formula is C10H10BrNO5. The van der Waals surface area contributed by atoms with Crippen molar-refractivity contribution in [2.24, 2.45) is 0 Å². The number of benzene rings is 1. The highest BCUT2D eigenvalue weighted by Crippen LogP contribution is 2.34. The lowest BCUT2D eigenvalue weighted by atomic mass is 10.3. The topological polar surface area (TPSA) is 78.7 Å². The van der Waals surface area contributed by atoms with Crippen LogP contribution in [0.2, 0.25) is 0 Å². The van der Waals surface area contributed by atoms with Crippen LogP contribution >= 0.6 is 15.9 Å². The van der Waals surface area contributed by atoms with Crippen molar-refractivity contribution in [2.75, 3.05) is 13.7 Å². The Labute approximate surface area is 106 Å². The second-order valence-corrected chi connectivity index (χ2v) is 3.87. The summed E-state index contributed by atoms with van der Waals surface area (Å²) in [5, 5.41) is 10.7. The van der Waals surface area contributed by atoms with Crippen molar-refractivity contribution in [3.05, 3.63) is 32.8 Å². The van der Waals surface area contributed by atoms with Crippen molar-refractivity contribution < 1.29 is 19.2 Å². The highest BCUT2D eigenvalue weighted by Gasteiger charge is 2.18. The lowest BCUT2D eigenvalue weighted by Crippen LogP contribution is -2.08. The Morgan fingerprint density at radius 1 is 1.53 bits per heavy atom. The summed E-state index contributed by atoms with van der Waals surface area (Å²) in [5.41, 5.74) is -0.149. The third-order valence-corrected chi connectivity index (χ3v) is 2.55. The van der Waals surface area contributed by atoms with Gasteiger partial charge in [-0.25, -0.2) is 0 Å². The average molecular weight is 304 g/mol. The number of carbonyl (C=O) groups is 1. The molecule has 0 radical (unpaired) electrons. The van der Waals surface area contributed by atoms with Gasteiger partial charge in [0.1, 0.15) is 0 Å². The fraction of sp³-hybridized carbons (Fsp3) is 0.300. The van der Waals surface area contributed by atoms with E-state index in [-0.39, 0.29) is 24.5 Å². The number of methoxy groups -OCH3 is 1. The molecule has 0 atom stereocenters. The van der Waals surface area contributed by atoms with Gasteiger partial charge in [0.2, 0.25) is 5.75 Å². The summed E-state index contributed by atoms with van der Waals surface area (Å²) in [7, 11) is 1.27. The van der Waals surface area contributed by atoms with E-state index in [0.717, 1.165) is 0 Å². The second kappa shape index (κ2) is 6.19. The number of rotatable bonds is 5. The van der Waals surface area contributed by atoms with Crippen LogP contribution in [0.5, 0.6) is 5.75 Å². The summed E-state index contributed by atoms with van der Waals surface area (Å²) in [5.74, 6) is -0.318. The van der Waals surface area contributed by atoms with Crippen molar-refractivity contribution in [3.63, 3.8) is 0 Å². The molecule has 0 saturated carbocycles. The van der Waals surface area contributed by atoms with Crippen LogP contribution in [0, 0.1) is 10.1 Å². The first-order valence-corrected chi connectivity index (χ1v) is 5.48. The minimum absolute atomic E-state index is 0.0239. The summed E-state index contributed by atoms with van der Waals surface area (Å²) in [4.78, 5) is 21.1. The smallest absolute Gasteiger partial charge is 0.312 e. The van der Waals surface area contributed by atoms with E-state index in [1.807, 2.05) is 0 Å². The maximum absolute atomic E-state index is 10.9. The van der Waals surface area contributed by atoms with Gasteiger partial charge >= 0.3 is 11.7 Å². The van der Waals surface area contributed by atoms with E-state index in [0.29, 0.717) is 4.47 Å². The Balaban J connectivity index is 2.76. The molecule has 7 heteroatoms. The number of para-hydroxylation sites is 1. The van der Waals surface area contributed by atoms with Crippen LogP contribution in [0.1, 0.15) is 6.42 Å². The summed E-state index contributed by atoms with van der Waals surface area (Å²) >= 11 is 3.15. The fourth-order valence-corrected chi connectivity index (χ4v) is 1.59. The minimum Gasteiger partial charge on any atom is -0.485 e. The van der Waals surface area contributed by atoms with Gasteiger partial charge in [-0.1, -0.05) is 6.07 Å². The van der Waals surface area contributed by atoms with Gasteiger partial charge in [0.05, 0.1) is 29.5 Å². The van der Waals surface area contributed by atoms with Gasteiger partial charge in [0.15, 0.2) is 0 Å². The van der Waals surface area contributed by atoms with Crippen molar-refractivity contribution in [1.82, 2.24) is 0 Å². The molecule has 0 fully saturated rings. The maximum atomic E-state index is 10.9. The van der Waals surface area contributed by atoms with Gasteiger partial charge in [-0.15, -0.1) is 0 Å². The third-order valence-electron chi connectivity index (χ3n) is 1.92. The number of nitrogens with zero attached hydrogens (tertiary/aromatic N) is 1. The first kappa shape index (κ1) is 13.4. The molecule has 0 unspecified atom stereocenters. The number of carbonyl (C=O) groups excluding carboxylic acids is 1. The summed E-state index contributed by atoms with van der Waals surface area (Å²) < 4.78 is 10.1. The standard InChI is InChI=1S/C10H10BrNO5/c1-16-9(13)5-6-17-10-7(11)3-2-4-8(10)12(14)15/h2-4H,5-6H2,1H3. The molecule has 0 aromatic heterocycles. The monoisotopic (exact) mass is 303 g/mol. The van der Waals surface area contributed by atoms with Crippen LogP contribution in [-0.4, -0.2) is 24.6 Å². The lowest BCUT2D eigenvalue weighted by Gasteiger charge is -2.07. The molecule has 17 heavy (non-hydrogen) atoms. The molecule has 0 amide bonds. The summed E-state index contributed by atoms with van der Waals surface area (Å²) in [6.45, 7) is 0.0239. The van der Waals surface area contributed by atoms with E-state index in [2.05, 4.69) is 20.7 Å². The number of esters is 1. The molecule has 0 N–H and O–H groups in total. The number of hydrogen-bond donors (Lipinski definition) is 0. The number of hydrogen-bond acceptors (Lipinski definition) is 5. The molecule has 0 heterocycles. The molecule has 0 aliphatic heterocycles. The number of ether oxygens (including phenoxy) is 2. The van der Waals surface area contributed by atoms with Crippen LogP contribution in [-0.2, 0) is 9.53 Å². The zero-order chi connectivity index (χ0) is 12.8. The van der Waals surface area contributed by atoms with Crippen molar-refractivity contribution in [3.8, 4) is 5.75 Å². The predicted molar refractivity (Wildman–Crippen MR) is 62.9 cm³/mol. The quantitative estimate of drug-likeness (QED) is 0.474. The molecule has 1 aromatic carbocycles. The zero-order valence-electron chi connectivity index (χ0n) is 9.01. The van der Waals surface area contributed by atoms with Gasteiger partial charge in [-0.05, 0) is 22.0 Å². The third kappa shape index (κ3) is 3.70. The summed E-state index contributed by atoms with van der Waals surface area (Å²) in [6.07, 6.45) is 0.0367. The summed E-state index contributed by atoms with van der Waals surface area (Å²) in [6, 6.07) is 4.49. The van der Waals surface area contributed by atoms with Crippen LogP contribution in [0.4, 0.5) is 5.69 Å². The first-order valence-electron chi connectivity index (χ1n) is 4.68. The van der Waals surface area contributed by atoms with Crippen molar-refractivity contribution in [1.29, 1.82) is 0 Å². The molecule has 0 saturated heterocycles. The molecule has 1 aromatic rings. The van der Waals surface area contributed by atoms with Gasteiger partial charge in [-0.2, -0.15) is 0 Å². The predicted octanol–water partition coefficient (Wildman–Crippen LogP) is 2.30. The molecule has 0 bridgehead atoms. The zero-order valence-corrected chi connectivity index (χ0v) is 10.6. The first-order chi connectivity index (χ1) is 8.06. The van der Waals surface area contributed by atoms with E-state index < -0.39 is 10.9 Å². The Morgan fingerprint density at radius 3 is 2.82 bits per heavy atom. The van der Waals surface area contributed by atoms with Crippen LogP contribution in [0.25, 0.3) is 0 Å².